The molecule has 0 aromatic heterocycles. The van der Waals surface area contributed by atoms with E-state index in [4.69, 9.17) is 4.74 Å². The number of rotatable bonds is 4. The molecule has 5 heteroatoms. The van der Waals surface area contributed by atoms with E-state index in [0.717, 1.165) is 39.1 Å². The average Bonchev–Trinajstić information content (AvgIpc) is 3.02. The van der Waals surface area contributed by atoms with Crippen molar-refractivity contribution in [2.75, 3.05) is 39.3 Å². The summed E-state index contributed by atoms with van der Waals surface area (Å²) >= 11 is 0. The van der Waals surface area contributed by atoms with E-state index in [0.29, 0.717) is 31.3 Å². The van der Waals surface area contributed by atoms with Crippen molar-refractivity contribution in [3.8, 4) is 0 Å². The first kappa shape index (κ1) is 19.5. The molecule has 4 fully saturated rings. The highest BCUT2D eigenvalue weighted by atomic mass is 16.5. The molecule has 5 nitrogen and oxygen atoms in total. The van der Waals surface area contributed by atoms with Crippen molar-refractivity contribution in [3.05, 3.63) is 35.9 Å². The lowest BCUT2D eigenvalue weighted by molar-refractivity contribution is -0.130. The summed E-state index contributed by atoms with van der Waals surface area (Å²) in [5.74, 6) is 0.914. The number of benzene rings is 1. The van der Waals surface area contributed by atoms with E-state index in [1.807, 2.05) is 11.8 Å². The summed E-state index contributed by atoms with van der Waals surface area (Å²) in [5, 5.41) is 11.1. The van der Waals surface area contributed by atoms with E-state index in [1.54, 1.807) is 0 Å². The second-order valence-electron chi connectivity index (χ2n) is 9.69. The van der Waals surface area contributed by atoms with Gasteiger partial charge in [0.05, 0.1) is 11.7 Å². The number of hydrogen-bond donors (Lipinski definition) is 1. The van der Waals surface area contributed by atoms with Crippen LogP contribution >= 0.6 is 0 Å². The van der Waals surface area contributed by atoms with Crippen LogP contribution in [-0.2, 0) is 9.53 Å². The fourth-order valence-electron chi connectivity index (χ4n) is 6.55. The lowest BCUT2D eigenvalue weighted by Gasteiger charge is -2.39. The zero-order valence-electron chi connectivity index (χ0n) is 17.6. The van der Waals surface area contributed by atoms with Crippen molar-refractivity contribution < 1.29 is 14.6 Å². The lowest BCUT2D eigenvalue weighted by atomic mass is 9.88. The fourth-order valence-corrected chi connectivity index (χ4v) is 6.55. The molecule has 29 heavy (non-hydrogen) atoms. The van der Waals surface area contributed by atoms with Crippen LogP contribution in [0, 0.1) is 11.3 Å². The maximum absolute atomic E-state index is 12.3. The van der Waals surface area contributed by atoms with Crippen molar-refractivity contribution in [2.45, 2.75) is 56.7 Å². The molecule has 1 aliphatic carbocycles. The number of aliphatic hydroxyl groups is 1. The average molecular weight is 399 g/mol. The Labute approximate surface area is 174 Å². The molecule has 0 unspecified atom stereocenters. The standard InChI is InChI=1S/C24H34N2O3/c1-2-21(28)26-16-20(27)24(17-26)19(22(24)18-7-4-3-5-8-18)15-25-12-10-23(11-13-25)9-6-14-29-23/h3-5,7-8,19-20,22,27H,2,6,9-17H2,1H3/t19-,20-,22-,24-/m1/s1. The number of likely N-dealkylation sites (tertiary alicyclic amines) is 2. The van der Waals surface area contributed by atoms with Crippen LogP contribution in [0.5, 0.6) is 0 Å². The first-order valence-corrected chi connectivity index (χ1v) is 11.4. The number of piperidine rings is 1. The number of ether oxygens (including phenoxy) is 1. The molecule has 4 atom stereocenters. The summed E-state index contributed by atoms with van der Waals surface area (Å²) in [4.78, 5) is 16.8. The summed E-state index contributed by atoms with van der Waals surface area (Å²) in [5.41, 5.74) is 1.29. The van der Waals surface area contributed by atoms with Gasteiger partial charge in [-0.2, -0.15) is 0 Å². The van der Waals surface area contributed by atoms with Crippen LogP contribution in [0.25, 0.3) is 0 Å². The third-order valence-electron chi connectivity index (χ3n) is 8.26. The van der Waals surface area contributed by atoms with Gasteiger partial charge in [-0.25, -0.2) is 0 Å². The summed E-state index contributed by atoms with van der Waals surface area (Å²) in [6.07, 6.45) is 4.76. The number of carbonyl (C=O) groups is 1. The molecular weight excluding hydrogens is 364 g/mol. The highest BCUT2D eigenvalue weighted by molar-refractivity contribution is 5.76. The molecule has 0 bridgehead atoms. The van der Waals surface area contributed by atoms with Crippen molar-refractivity contribution in [2.24, 2.45) is 11.3 Å². The maximum Gasteiger partial charge on any atom is 0.222 e. The minimum absolute atomic E-state index is 0.147. The molecule has 158 valence electrons. The van der Waals surface area contributed by atoms with Gasteiger partial charge in [0.1, 0.15) is 0 Å². The van der Waals surface area contributed by atoms with Crippen molar-refractivity contribution in [3.63, 3.8) is 0 Å². The monoisotopic (exact) mass is 398 g/mol. The number of amides is 1. The zero-order valence-corrected chi connectivity index (χ0v) is 17.6. The molecule has 2 spiro atoms. The van der Waals surface area contributed by atoms with Gasteiger partial charge in [-0.15, -0.1) is 0 Å². The highest BCUT2D eigenvalue weighted by Gasteiger charge is 2.71. The predicted molar refractivity (Wildman–Crippen MR) is 112 cm³/mol. The third kappa shape index (κ3) is 3.22. The molecule has 1 saturated carbocycles. The van der Waals surface area contributed by atoms with E-state index >= 15 is 0 Å². The number of nitrogens with zero attached hydrogens (tertiary/aromatic N) is 2. The molecule has 1 aromatic carbocycles. The van der Waals surface area contributed by atoms with Crippen molar-refractivity contribution in [1.29, 1.82) is 0 Å². The van der Waals surface area contributed by atoms with Crippen LogP contribution in [0.4, 0.5) is 0 Å². The van der Waals surface area contributed by atoms with Crippen LogP contribution in [0.15, 0.2) is 30.3 Å². The van der Waals surface area contributed by atoms with Crippen LogP contribution < -0.4 is 0 Å². The Morgan fingerprint density at radius 2 is 1.97 bits per heavy atom. The molecule has 5 rings (SSSR count). The Balaban J connectivity index is 1.33. The summed E-state index contributed by atoms with van der Waals surface area (Å²) in [6, 6.07) is 10.6. The second-order valence-corrected chi connectivity index (χ2v) is 9.69. The summed E-state index contributed by atoms with van der Waals surface area (Å²) < 4.78 is 6.09. The first-order valence-electron chi connectivity index (χ1n) is 11.4. The normalized spacial score (nSPS) is 36.2. The number of hydrogen-bond acceptors (Lipinski definition) is 4. The Kier molecular flexibility index (Phi) is 4.96. The van der Waals surface area contributed by atoms with Crippen LogP contribution in [0.2, 0.25) is 0 Å². The van der Waals surface area contributed by atoms with Gasteiger partial charge in [-0.1, -0.05) is 37.3 Å². The van der Waals surface area contributed by atoms with Crippen molar-refractivity contribution >= 4 is 5.91 Å². The van der Waals surface area contributed by atoms with E-state index < -0.39 is 6.10 Å². The van der Waals surface area contributed by atoms with Gasteiger partial charge in [0, 0.05) is 51.2 Å². The molecular formula is C24H34N2O3. The number of carbonyl (C=O) groups excluding carboxylic acids is 1. The minimum atomic E-state index is -0.428. The Hall–Kier alpha value is -1.43. The maximum atomic E-state index is 12.3. The molecule has 3 heterocycles. The Morgan fingerprint density at radius 3 is 2.62 bits per heavy atom. The molecule has 1 amide bonds. The second kappa shape index (κ2) is 7.36. The van der Waals surface area contributed by atoms with Crippen LogP contribution in [0.1, 0.15) is 50.5 Å². The molecule has 1 aromatic rings. The quantitative estimate of drug-likeness (QED) is 0.847. The summed E-state index contributed by atoms with van der Waals surface area (Å²) in [6.45, 7) is 7.21. The number of β-amino-alcohol motifs (C(OH)–C–C–N with tert-alkyl or cyclic N) is 1. The van der Waals surface area contributed by atoms with E-state index in [2.05, 4.69) is 35.2 Å². The summed E-state index contributed by atoms with van der Waals surface area (Å²) in [7, 11) is 0. The molecule has 3 saturated heterocycles. The predicted octanol–water partition coefficient (Wildman–Crippen LogP) is 2.64. The lowest BCUT2D eigenvalue weighted by Crippen LogP contribution is -2.45. The van der Waals surface area contributed by atoms with Crippen molar-refractivity contribution in [1.82, 2.24) is 9.80 Å². The molecule has 3 aliphatic heterocycles. The molecule has 4 aliphatic rings. The molecule has 1 N–H and O–H groups in total. The zero-order chi connectivity index (χ0) is 20.1. The van der Waals surface area contributed by atoms with Crippen LogP contribution in [0.3, 0.4) is 0 Å². The first-order chi connectivity index (χ1) is 14.1. The van der Waals surface area contributed by atoms with E-state index in [-0.39, 0.29) is 16.9 Å². The third-order valence-corrected chi connectivity index (χ3v) is 8.26. The van der Waals surface area contributed by atoms with Gasteiger partial charge in [0.25, 0.3) is 0 Å². The van der Waals surface area contributed by atoms with Gasteiger partial charge in [-0.3, -0.25) is 4.79 Å². The SMILES string of the molecule is CCC(=O)N1C[C@@H](O)[C@@]2(C1)[C@H](CN1CCC3(CCCO3)CC1)[C@H]2c1ccccc1. The van der Waals surface area contributed by atoms with Gasteiger partial charge < -0.3 is 19.6 Å². The molecule has 0 radical (unpaired) electrons. The van der Waals surface area contributed by atoms with Gasteiger partial charge in [0.2, 0.25) is 5.91 Å². The van der Waals surface area contributed by atoms with E-state index in [1.165, 1.54) is 18.4 Å². The van der Waals surface area contributed by atoms with Gasteiger partial charge in [-0.05, 0) is 43.1 Å². The van der Waals surface area contributed by atoms with Gasteiger partial charge in [0.15, 0.2) is 0 Å². The Bertz CT molecular complexity index is 738. The highest BCUT2D eigenvalue weighted by Crippen LogP contribution is 2.69. The smallest absolute Gasteiger partial charge is 0.222 e. The number of aliphatic hydroxyl groups excluding tert-OH is 1. The topological polar surface area (TPSA) is 53.0 Å². The van der Waals surface area contributed by atoms with Crippen LogP contribution in [-0.4, -0.2) is 71.8 Å². The Morgan fingerprint density at radius 1 is 1.21 bits per heavy atom. The van der Waals surface area contributed by atoms with E-state index in [9.17, 15) is 9.90 Å². The largest absolute Gasteiger partial charge is 0.391 e. The minimum Gasteiger partial charge on any atom is -0.391 e. The van der Waals surface area contributed by atoms with Gasteiger partial charge >= 0.3 is 0 Å². The fraction of sp³-hybridized carbons (Fsp3) is 0.708.